The van der Waals surface area contributed by atoms with Crippen molar-refractivity contribution in [1.82, 2.24) is 4.90 Å². The number of benzene rings is 1. The third-order valence-electron chi connectivity index (χ3n) is 2.92. The standard InChI is InChI=1S/C13H16N2O/c1-10-2-3-11-5-7-15(9-12(11)8-10)13(16)4-6-14/h2-4,6,8H,5,7,9,14H2,1H3/b6-4+. The van der Waals surface area contributed by atoms with E-state index in [0.29, 0.717) is 6.54 Å². The first-order valence-corrected chi connectivity index (χ1v) is 5.46. The largest absolute Gasteiger partial charge is 0.404 e. The van der Waals surface area contributed by atoms with Crippen LogP contribution in [-0.4, -0.2) is 17.4 Å². The van der Waals surface area contributed by atoms with E-state index in [4.69, 9.17) is 5.73 Å². The molecule has 0 saturated heterocycles. The summed E-state index contributed by atoms with van der Waals surface area (Å²) < 4.78 is 0. The van der Waals surface area contributed by atoms with Gasteiger partial charge in [0.15, 0.2) is 0 Å². The molecule has 1 aliphatic heterocycles. The summed E-state index contributed by atoms with van der Waals surface area (Å²) in [5.41, 5.74) is 9.07. The molecule has 0 spiro atoms. The van der Waals surface area contributed by atoms with Crippen LogP contribution in [0, 0.1) is 6.92 Å². The number of carbonyl (C=O) groups is 1. The van der Waals surface area contributed by atoms with E-state index in [1.165, 1.54) is 29.0 Å². The van der Waals surface area contributed by atoms with Crippen molar-refractivity contribution in [1.29, 1.82) is 0 Å². The van der Waals surface area contributed by atoms with Crippen LogP contribution in [0.3, 0.4) is 0 Å². The fourth-order valence-corrected chi connectivity index (χ4v) is 2.06. The van der Waals surface area contributed by atoms with Crippen LogP contribution in [0.1, 0.15) is 16.7 Å². The maximum absolute atomic E-state index is 11.7. The highest BCUT2D eigenvalue weighted by atomic mass is 16.2. The third-order valence-corrected chi connectivity index (χ3v) is 2.92. The second kappa shape index (κ2) is 4.39. The molecular weight excluding hydrogens is 200 g/mol. The minimum atomic E-state index is -0.00495. The number of amides is 1. The highest BCUT2D eigenvalue weighted by Crippen LogP contribution is 2.20. The molecule has 3 heteroatoms. The molecule has 1 aliphatic rings. The van der Waals surface area contributed by atoms with Crippen LogP contribution in [0.5, 0.6) is 0 Å². The summed E-state index contributed by atoms with van der Waals surface area (Å²) >= 11 is 0. The highest BCUT2D eigenvalue weighted by molar-refractivity contribution is 5.87. The second-order valence-corrected chi connectivity index (χ2v) is 4.14. The van der Waals surface area contributed by atoms with Gasteiger partial charge in [-0.3, -0.25) is 4.79 Å². The van der Waals surface area contributed by atoms with E-state index in [9.17, 15) is 4.79 Å². The molecule has 1 heterocycles. The van der Waals surface area contributed by atoms with Crippen LogP contribution in [-0.2, 0) is 17.8 Å². The lowest BCUT2D eigenvalue weighted by Crippen LogP contribution is -2.34. The Bertz CT molecular complexity index is 438. The van der Waals surface area contributed by atoms with Gasteiger partial charge in [0, 0.05) is 19.2 Å². The molecule has 3 nitrogen and oxygen atoms in total. The molecule has 0 fully saturated rings. The molecular formula is C13H16N2O. The maximum atomic E-state index is 11.7. The van der Waals surface area contributed by atoms with Crippen LogP contribution in [0.15, 0.2) is 30.5 Å². The van der Waals surface area contributed by atoms with Crippen molar-refractivity contribution in [3.05, 3.63) is 47.2 Å². The van der Waals surface area contributed by atoms with E-state index >= 15 is 0 Å². The van der Waals surface area contributed by atoms with Crippen molar-refractivity contribution in [3.8, 4) is 0 Å². The molecule has 2 N–H and O–H groups in total. The first-order chi connectivity index (χ1) is 7.70. The van der Waals surface area contributed by atoms with Gasteiger partial charge in [-0.1, -0.05) is 23.8 Å². The fourth-order valence-electron chi connectivity index (χ4n) is 2.06. The van der Waals surface area contributed by atoms with E-state index in [-0.39, 0.29) is 5.91 Å². The second-order valence-electron chi connectivity index (χ2n) is 4.14. The van der Waals surface area contributed by atoms with Gasteiger partial charge in [0.25, 0.3) is 0 Å². The van der Waals surface area contributed by atoms with Gasteiger partial charge in [-0.25, -0.2) is 0 Å². The molecule has 0 bridgehead atoms. The van der Waals surface area contributed by atoms with Gasteiger partial charge in [-0.05, 0) is 30.7 Å². The van der Waals surface area contributed by atoms with E-state index in [2.05, 4.69) is 25.1 Å². The number of hydrogen-bond donors (Lipinski definition) is 1. The van der Waals surface area contributed by atoms with E-state index in [1.807, 2.05) is 4.90 Å². The monoisotopic (exact) mass is 216 g/mol. The smallest absolute Gasteiger partial charge is 0.248 e. The van der Waals surface area contributed by atoms with E-state index in [0.717, 1.165) is 13.0 Å². The summed E-state index contributed by atoms with van der Waals surface area (Å²) in [5, 5.41) is 0. The lowest BCUT2D eigenvalue weighted by molar-refractivity contribution is -0.126. The average Bonchev–Trinajstić information content (AvgIpc) is 2.28. The Kier molecular flexibility index (Phi) is 2.95. The third kappa shape index (κ3) is 2.08. The van der Waals surface area contributed by atoms with Crippen LogP contribution in [0.25, 0.3) is 0 Å². The van der Waals surface area contributed by atoms with E-state index < -0.39 is 0 Å². The Balaban J connectivity index is 2.19. The summed E-state index contributed by atoms with van der Waals surface area (Å²) in [6.45, 7) is 3.54. The summed E-state index contributed by atoms with van der Waals surface area (Å²) in [5.74, 6) is -0.00495. The summed E-state index contributed by atoms with van der Waals surface area (Å²) in [6.07, 6.45) is 3.65. The zero-order valence-electron chi connectivity index (χ0n) is 9.44. The molecule has 0 radical (unpaired) electrons. The van der Waals surface area contributed by atoms with Crippen molar-refractivity contribution in [2.24, 2.45) is 5.73 Å². The molecule has 0 atom stereocenters. The zero-order valence-corrected chi connectivity index (χ0v) is 9.44. The molecule has 2 rings (SSSR count). The fraction of sp³-hybridized carbons (Fsp3) is 0.308. The lowest BCUT2D eigenvalue weighted by atomic mass is 9.98. The molecule has 0 aromatic heterocycles. The van der Waals surface area contributed by atoms with Crippen molar-refractivity contribution in [2.45, 2.75) is 19.9 Å². The van der Waals surface area contributed by atoms with Gasteiger partial charge in [-0.2, -0.15) is 0 Å². The van der Waals surface area contributed by atoms with Gasteiger partial charge in [0.1, 0.15) is 0 Å². The number of aryl methyl sites for hydroxylation is 1. The molecule has 1 aromatic rings. The number of nitrogens with two attached hydrogens (primary N) is 1. The summed E-state index contributed by atoms with van der Waals surface area (Å²) in [4.78, 5) is 13.5. The highest BCUT2D eigenvalue weighted by Gasteiger charge is 2.18. The molecule has 16 heavy (non-hydrogen) atoms. The first kappa shape index (κ1) is 10.7. The molecule has 84 valence electrons. The Morgan fingerprint density at radius 1 is 1.44 bits per heavy atom. The maximum Gasteiger partial charge on any atom is 0.248 e. The van der Waals surface area contributed by atoms with Gasteiger partial charge in [0.2, 0.25) is 5.91 Å². The SMILES string of the molecule is Cc1ccc2c(c1)CN(C(=O)/C=C/N)CC2. The van der Waals surface area contributed by atoms with Gasteiger partial charge >= 0.3 is 0 Å². The minimum absolute atomic E-state index is 0.00495. The quantitative estimate of drug-likeness (QED) is 0.720. The van der Waals surface area contributed by atoms with Gasteiger partial charge in [-0.15, -0.1) is 0 Å². The van der Waals surface area contributed by atoms with Gasteiger partial charge in [0.05, 0.1) is 0 Å². The molecule has 1 aromatic carbocycles. The summed E-state index contributed by atoms with van der Waals surface area (Å²) in [7, 11) is 0. The predicted octanol–water partition coefficient (Wildman–Crippen LogP) is 1.35. The average molecular weight is 216 g/mol. The topological polar surface area (TPSA) is 46.3 Å². The van der Waals surface area contributed by atoms with Crippen molar-refractivity contribution in [3.63, 3.8) is 0 Å². The van der Waals surface area contributed by atoms with Crippen LogP contribution < -0.4 is 5.73 Å². The van der Waals surface area contributed by atoms with Crippen LogP contribution in [0.2, 0.25) is 0 Å². The Morgan fingerprint density at radius 2 is 2.25 bits per heavy atom. The molecule has 0 unspecified atom stereocenters. The molecule has 1 amide bonds. The van der Waals surface area contributed by atoms with E-state index in [1.54, 1.807) is 0 Å². The van der Waals surface area contributed by atoms with Crippen LogP contribution >= 0.6 is 0 Å². The predicted molar refractivity (Wildman–Crippen MR) is 63.6 cm³/mol. The van der Waals surface area contributed by atoms with Crippen molar-refractivity contribution >= 4 is 5.91 Å². The van der Waals surface area contributed by atoms with Crippen molar-refractivity contribution in [2.75, 3.05) is 6.54 Å². The number of rotatable bonds is 1. The lowest BCUT2D eigenvalue weighted by Gasteiger charge is -2.28. The van der Waals surface area contributed by atoms with Crippen molar-refractivity contribution < 1.29 is 4.79 Å². The molecule has 0 aliphatic carbocycles. The first-order valence-electron chi connectivity index (χ1n) is 5.46. The Morgan fingerprint density at radius 3 is 3.00 bits per heavy atom. The zero-order chi connectivity index (χ0) is 11.5. The Hall–Kier alpha value is -1.77. The minimum Gasteiger partial charge on any atom is -0.404 e. The molecule has 0 saturated carbocycles. The number of nitrogens with zero attached hydrogens (tertiary/aromatic N) is 1. The number of carbonyl (C=O) groups excluding carboxylic acids is 1. The van der Waals surface area contributed by atoms with Crippen LogP contribution in [0.4, 0.5) is 0 Å². The normalized spacial score (nSPS) is 15.2. The number of fused-ring (bicyclic) bond motifs is 1. The Labute approximate surface area is 95.6 Å². The summed E-state index contributed by atoms with van der Waals surface area (Å²) in [6, 6.07) is 6.43. The van der Waals surface area contributed by atoms with Gasteiger partial charge < -0.3 is 10.6 Å². The number of hydrogen-bond acceptors (Lipinski definition) is 2.